The first-order valence-electron chi connectivity index (χ1n) is 9.54. The molecule has 2 unspecified atom stereocenters. The zero-order valence-corrected chi connectivity index (χ0v) is 15.5. The second kappa shape index (κ2) is 7.55. The van der Waals surface area contributed by atoms with Crippen molar-refractivity contribution in [1.29, 1.82) is 0 Å². The number of carbonyl (C=O) groups is 1. The molecule has 1 fully saturated rings. The number of amides is 1. The molecule has 0 N–H and O–H groups in total. The van der Waals surface area contributed by atoms with E-state index in [4.69, 9.17) is 4.74 Å². The molecule has 2 heterocycles. The van der Waals surface area contributed by atoms with Crippen LogP contribution in [0.25, 0.3) is 0 Å². The minimum absolute atomic E-state index is 0.0934. The van der Waals surface area contributed by atoms with Crippen LogP contribution in [0.1, 0.15) is 36.0 Å². The maximum atomic E-state index is 13.6. The van der Waals surface area contributed by atoms with Crippen molar-refractivity contribution >= 4 is 6.09 Å². The molecule has 2 atom stereocenters. The number of hydrogen-bond acceptors (Lipinski definition) is 2. The molecule has 4 heteroatoms. The van der Waals surface area contributed by atoms with E-state index in [0.717, 1.165) is 42.4 Å². The van der Waals surface area contributed by atoms with Crippen molar-refractivity contribution in [2.75, 3.05) is 0 Å². The Hall–Kier alpha value is -2.62. The van der Waals surface area contributed by atoms with Gasteiger partial charge in [-0.05, 0) is 61.4 Å². The van der Waals surface area contributed by atoms with Crippen LogP contribution in [-0.4, -0.2) is 23.1 Å². The Labute approximate surface area is 159 Å². The van der Waals surface area contributed by atoms with Gasteiger partial charge in [0.05, 0.1) is 6.04 Å². The Morgan fingerprint density at radius 3 is 2.78 bits per heavy atom. The molecule has 4 rings (SSSR count). The molecule has 0 aromatic heterocycles. The molecule has 2 aromatic rings. The zero-order chi connectivity index (χ0) is 18.8. The smallest absolute Gasteiger partial charge is 0.410 e. The summed E-state index contributed by atoms with van der Waals surface area (Å²) in [5, 5.41) is 0. The number of benzene rings is 2. The molecule has 0 saturated carbocycles. The van der Waals surface area contributed by atoms with Crippen LogP contribution < -0.4 is 0 Å². The normalized spacial score (nSPS) is 21.1. The van der Waals surface area contributed by atoms with Crippen molar-refractivity contribution in [3.63, 3.8) is 0 Å². The van der Waals surface area contributed by atoms with Gasteiger partial charge in [0.1, 0.15) is 12.4 Å². The highest BCUT2D eigenvalue weighted by atomic mass is 19.1. The van der Waals surface area contributed by atoms with Crippen LogP contribution in [0.2, 0.25) is 0 Å². The number of halogens is 1. The molecule has 2 aliphatic rings. The fraction of sp³-hybridized carbons (Fsp3) is 0.348. The largest absolute Gasteiger partial charge is 0.445 e. The van der Waals surface area contributed by atoms with Crippen LogP contribution in [0.5, 0.6) is 0 Å². The van der Waals surface area contributed by atoms with Crippen molar-refractivity contribution in [1.82, 2.24) is 4.90 Å². The Kier molecular flexibility index (Phi) is 4.97. The van der Waals surface area contributed by atoms with Crippen molar-refractivity contribution < 1.29 is 13.9 Å². The lowest BCUT2D eigenvalue weighted by Gasteiger charge is -2.33. The molecular formula is C23H24FNO2. The van der Waals surface area contributed by atoms with Crippen molar-refractivity contribution in [2.45, 2.75) is 51.3 Å². The predicted octanol–water partition coefficient (Wildman–Crippen LogP) is 5.18. The lowest BCUT2D eigenvalue weighted by molar-refractivity contribution is 0.0815. The SMILES string of the molecule is Cc1ccc(F)cc1CC1=CC2CCC(C1)N2C(=O)OCc1ccccc1. The van der Waals surface area contributed by atoms with Gasteiger partial charge in [-0.15, -0.1) is 0 Å². The molecule has 0 spiro atoms. The number of nitrogens with zero attached hydrogens (tertiary/aromatic N) is 1. The van der Waals surface area contributed by atoms with Gasteiger partial charge in [0.2, 0.25) is 0 Å². The fourth-order valence-electron chi connectivity index (χ4n) is 4.20. The average Bonchev–Trinajstić information content (AvgIpc) is 2.94. The number of carbonyl (C=O) groups excluding carboxylic acids is 1. The number of ether oxygens (including phenoxy) is 1. The highest BCUT2D eigenvalue weighted by molar-refractivity contribution is 5.70. The number of aryl methyl sites for hydroxylation is 1. The Morgan fingerprint density at radius 2 is 2.00 bits per heavy atom. The van der Waals surface area contributed by atoms with E-state index < -0.39 is 0 Å². The fourth-order valence-corrected chi connectivity index (χ4v) is 4.20. The van der Waals surface area contributed by atoms with Gasteiger partial charge in [-0.25, -0.2) is 9.18 Å². The summed E-state index contributed by atoms with van der Waals surface area (Å²) < 4.78 is 19.1. The summed E-state index contributed by atoms with van der Waals surface area (Å²) in [6.07, 6.45) is 5.52. The van der Waals surface area contributed by atoms with Crippen LogP contribution in [0.15, 0.2) is 60.2 Å². The minimum atomic E-state index is -0.233. The highest BCUT2D eigenvalue weighted by Gasteiger charge is 2.40. The second-order valence-corrected chi connectivity index (χ2v) is 7.52. The topological polar surface area (TPSA) is 29.5 Å². The summed E-state index contributed by atoms with van der Waals surface area (Å²) in [5.74, 6) is -0.193. The third-order valence-electron chi connectivity index (χ3n) is 5.62. The van der Waals surface area contributed by atoms with Gasteiger partial charge in [0.25, 0.3) is 0 Å². The zero-order valence-electron chi connectivity index (χ0n) is 15.5. The molecule has 1 amide bonds. The van der Waals surface area contributed by atoms with Crippen LogP contribution in [-0.2, 0) is 17.8 Å². The number of rotatable bonds is 4. The first-order valence-corrected chi connectivity index (χ1v) is 9.54. The summed E-state index contributed by atoms with van der Waals surface area (Å²) >= 11 is 0. The van der Waals surface area contributed by atoms with Gasteiger partial charge in [-0.2, -0.15) is 0 Å². The molecule has 0 aliphatic carbocycles. The predicted molar refractivity (Wildman–Crippen MR) is 103 cm³/mol. The van der Waals surface area contributed by atoms with E-state index >= 15 is 0 Å². The Bertz CT molecular complexity index is 862. The average molecular weight is 365 g/mol. The van der Waals surface area contributed by atoms with E-state index in [0.29, 0.717) is 6.61 Å². The lowest BCUT2D eigenvalue weighted by Crippen LogP contribution is -2.43. The quantitative estimate of drug-likeness (QED) is 0.699. The summed E-state index contributed by atoms with van der Waals surface area (Å²) in [4.78, 5) is 14.5. The van der Waals surface area contributed by atoms with Gasteiger partial charge in [-0.1, -0.05) is 48.0 Å². The van der Waals surface area contributed by atoms with Crippen molar-refractivity contribution in [3.05, 3.63) is 82.7 Å². The van der Waals surface area contributed by atoms with E-state index in [9.17, 15) is 9.18 Å². The van der Waals surface area contributed by atoms with E-state index in [-0.39, 0.29) is 24.0 Å². The Balaban J connectivity index is 1.43. The number of fused-ring (bicyclic) bond motifs is 2. The van der Waals surface area contributed by atoms with Crippen LogP contribution in [0, 0.1) is 12.7 Å². The highest BCUT2D eigenvalue weighted by Crippen LogP contribution is 2.36. The monoisotopic (exact) mass is 365 g/mol. The molecule has 2 aromatic carbocycles. The molecule has 2 bridgehead atoms. The molecule has 3 nitrogen and oxygen atoms in total. The standard InChI is InChI=1S/C23H24FNO2/c1-16-7-8-20(24)14-19(16)11-18-12-21-9-10-22(13-18)25(21)23(26)27-15-17-5-3-2-4-6-17/h2-8,12,14,21-22H,9-11,13,15H2,1H3. The molecule has 2 aliphatic heterocycles. The van der Waals surface area contributed by atoms with E-state index in [1.807, 2.05) is 48.2 Å². The summed E-state index contributed by atoms with van der Waals surface area (Å²) in [5.41, 5.74) is 4.42. The Morgan fingerprint density at radius 1 is 1.19 bits per heavy atom. The van der Waals surface area contributed by atoms with Crippen LogP contribution in [0.3, 0.4) is 0 Å². The summed E-state index contributed by atoms with van der Waals surface area (Å²) in [6.45, 7) is 2.31. The first kappa shape index (κ1) is 17.8. The van der Waals surface area contributed by atoms with E-state index in [2.05, 4.69) is 6.08 Å². The maximum Gasteiger partial charge on any atom is 0.410 e. The van der Waals surface area contributed by atoms with Crippen LogP contribution in [0.4, 0.5) is 9.18 Å². The second-order valence-electron chi connectivity index (χ2n) is 7.52. The molecule has 140 valence electrons. The third kappa shape index (κ3) is 3.90. The molecular weight excluding hydrogens is 341 g/mol. The maximum absolute atomic E-state index is 13.6. The lowest BCUT2D eigenvalue weighted by atomic mass is 9.93. The molecule has 0 radical (unpaired) electrons. The van der Waals surface area contributed by atoms with Crippen molar-refractivity contribution in [2.24, 2.45) is 0 Å². The van der Waals surface area contributed by atoms with Crippen molar-refractivity contribution in [3.8, 4) is 0 Å². The summed E-state index contributed by atoms with van der Waals surface area (Å²) in [7, 11) is 0. The van der Waals surface area contributed by atoms with Gasteiger partial charge in [0.15, 0.2) is 0 Å². The van der Waals surface area contributed by atoms with Gasteiger partial charge in [-0.3, -0.25) is 4.90 Å². The van der Waals surface area contributed by atoms with Gasteiger partial charge >= 0.3 is 6.09 Å². The summed E-state index contributed by atoms with van der Waals surface area (Å²) in [6, 6.07) is 15.0. The number of hydrogen-bond donors (Lipinski definition) is 0. The van der Waals surface area contributed by atoms with Crippen LogP contribution >= 0.6 is 0 Å². The van der Waals surface area contributed by atoms with E-state index in [1.165, 1.54) is 11.6 Å². The minimum Gasteiger partial charge on any atom is -0.445 e. The third-order valence-corrected chi connectivity index (χ3v) is 5.62. The van der Waals surface area contributed by atoms with Gasteiger partial charge in [0, 0.05) is 6.04 Å². The van der Waals surface area contributed by atoms with E-state index in [1.54, 1.807) is 6.07 Å². The van der Waals surface area contributed by atoms with Gasteiger partial charge < -0.3 is 4.74 Å². The molecule has 27 heavy (non-hydrogen) atoms. The first-order chi connectivity index (χ1) is 13.1. The molecule has 1 saturated heterocycles.